The first kappa shape index (κ1) is 12.6. The lowest BCUT2D eigenvalue weighted by Gasteiger charge is -2.02. The van der Waals surface area contributed by atoms with Crippen LogP contribution in [0.3, 0.4) is 0 Å². The van der Waals surface area contributed by atoms with Crippen molar-refractivity contribution in [3.05, 3.63) is 67.5 Å². The van der Waals surface area contributed by atoms with Gasteiger partial charge in [-0.2, -0.15) is 0 Å². The monoisotopic (exact) mass is 354 g/mol. The van der Waals surface area contributed by atoms with Crippen LogP contribution in [0, 0.1) is 13.7 Å². The second-order valence-corrected chi connectivity index (χ2v) is 4.74. The Morgan fingerprint density at radius 2 is 2.11 bits per heavy atom. The van der Waals surface area contributed by atoms with E-state index in [2.05, 4.69) is 4.98 Å². The van der Waals surface area contributed by atoms with Gasteiger partial charge < -0.3 is 0 Å². The molecule has 0 saturated carbocycles. The molecule has 1 aromatic heterocycles. The first-order valence-electron chi connectivity index (χ1n) is 4.98. The summed E-state index contributed by atoms with van der Waals surface area (Å²) < 4.78 is 0.710. The van der Waals surface area contributed by atoms with Gasteiger partial charge in [-0.15, -0.1) is 0 Å². The molecule has 0 spiro atoms. The van der Waals surface area contributed by atoms with Crippen LogP contribution >= 0.6 is 22.6 Å². The molecule has 90 valence electrons. The molecule has 5 nitrogen and oxygen atoms in total. The third-order valence-corrected chi connectivity index (χ3v) is 3.00. The van der Waals surface area contributed by atoms with Gasteiger partial charge in [-0.3, -0.25) is 19.9 Å². The number of nitro benzene ring substituents is 1. The molecule has 0 radical (unpaired) electrons. The molecular formula is C12H7IN2O3. The number of halogens is 1. The van der Waals surface area contributed by atoms with Gasteiger partial charge in [0.05, 0.1) is 4.92 Å². The average Bonchev–Trinajstić information content (AvgIpc) is 2.39. The second-order valence-electron chi connectivity index (χ2n) is 3.49. The fourth-order valence-electron chi connectivity index (χ4n) is 1.50. The summed E-state index contributed by atoms with van der Waals surface area (Å²) in [6.07, 6.45) is 2.93. The van der Waals surface area contributed by atoms with Gasteiger partial charge in [0.25, 0.3) is 5.69 Å². The summed E-state index contributed by atoms with van der Waals surface area (Å²) in [6, 6.07) is 7.71. The molecule has 0 saturated heterocycles. The quantitative estimate of drug-likeness (QED) is 0.368. The molecule has 1 aromatic carbocycles. The number of aromatic nitrogens is 1. The largest absolute Gasteiger partial charge is 0.288 e. The molecule has 0 N–H and O–H groups in total. The zero-order valence-electron chi connectivity index (χ0n) is 9.04. The first-order valence-corrected chi connectivity index (χ1v) is 6.06. The summed E-state index contributed by atoms with van der Waals surface area (Å²) in [6.45, 7) is 0. The summed E-state index contributed by atoms with van der Waals surface area (Å²) in [4.78, 5) is 26.4. The van der Waals surface area contributed by atoms with E-state index in [1.54, 1.807) is 24.4 Å². The number of ketones is 1. The van der Waals surface area contributed by atoms with Gasteiger partial charge in [0.1, 0.15) is 5.56 Å². The molecule has 0 fully saturated rings. The topological polar surface area (TPSA) is 73.1 Å². The summed E-state index contributed by atoms with van der Waals surface area (Å²) in [5, 5.41) is 10.9. The highest BCUT2D eigenvalue weighted by Gasteiger charge is 2.21. The highest BCUT2D eigenvalue weighted by Crippen LogP contribution is 2.23. The van der Waals surface area contributed by atoms with Crippen LogP contribution in [-0.2, 0) is 0 Å². The smallest absolute Gasteiger partial charge is 0.281 e. The Bertz CT molecular complexity index is 614. The maximum absolute atomic E-state index is 12.1. The lowest BCUT2D eigenvalue weighted by atomic mass is 10.0. The molecule has 0 aliphatic heterocycles. The van der Waals surface area contributed by atoms with Crippen molar-refractivity contribution < 1.29 is 9.72 Å². The minimum Gasteiger partial charge on any atom is -0.288 e. The number of pyridine rings is 1. The maximum Gasteiger partial charge on any atom is 0.281 e. The fourth-order valence-corrected chi connectivity index (χ4v) is 1.98. The summed E-state index contributed by atoms with van der Waals surface area (Å²) in [5.74, 6) is -0.397. The van der Waals surface area contributed by atoms with Gasteiger partial charge in [-0.1, -0.05) is 0 Å². The van der Waals surface area contributed by atoms with Crippen molar-refractivity contribution in [3.8, 4) is 0 Å². The second kappa shape index (κ2) is 5.21. The van der Waals surface area contributed by atoms with Gasteiger partial charge in [0, 0.05) is 27.6 Å². The number of hydrogen-bond acceptors (Lipinski definition) is 4. The Morgan fingerprint density at radius 1 is 1.33 bits per heavy atom. The number of carbonyl (C=O) groups excluding carboxylic acids is 1. The maximum atomic E-state index is 12.1. The minimum atomic E-state index is -0.550. The fraction of sp³-hybridized carbons (Fsp3) is 0. The molecule has 0 amide bonds. The molecule has 6 heteroatoms. The van der Waals surface area contributed by atoms with E-state index >= 15 is 0 Å². The van der Waals surface area contributed by atoms with Crippen LogP contribution in [0.25, 0.3) is 0 Å². The van der Waals surface area contributed by atoms with Crippen LogP contribution in [0.15, 0.2) is 42.7 Å². The Labute approximate surface area is 116 Å². The van der Waals surface area contributed by atoms with Gasteiger partial charge >= 0.3 is 0 Å². The zero-order valence-corrected chi connectivity index (χ0v) is 11.2. The molecule has 2 rings (SSSR count). The summed E-state index contributed by atoms with van der Waals surface area (Å²) >= 11 is 1.97. The van der Waals surface area contributed by atoms with Crippen LogP contribution in [-0.4, -0.2) is 15.7 Å². The van der Waals surface area contributed by atoms with E-state index in [9.17, 15) is 14.9 Å². The van der Waals surface area contributed by atoms with Gasteiger partial charge in [0.2, 0.25) is 5.78 Å². The molecule has 2 aromatic rings. The number of nitrogens with zero attached hydrogens (tertiary/aromatic N) is 2. The van der Waals surface area contributed by atoms with Crippen molar-refractivity contribution in [1.82, 2.24) is 4.98 Å². The summed E-state index contributed by atoms with van der Waals surface area (Å²) in [7, 11) is 0. The number of nitro groups is 1. The van der Waals surface area contributed by atoms with Gasteiger partial charge in [-0.05, 0) is 46.9 Å². The van der Waals surface area contributed by atoms with Crippen LogP contribution in [0.1, 0.15) is 15.9 Å². The lowest BCUT2D eigenvalue weighted by molar-refractivity contribution is -0.385. The Hall–Kier alpha value is -1.83. The van der Waals surface area contributed by atoms with Crippen LogP contribution in [0.5, 0.6) is 0 Å². The van der Waals surface area contributed by atoms with Crippen LogP contribution in [0.4, 0.5) is 5.69 Å². The standard InChI is InChI=1S/C12H7IN2O3/c13-9-3-4-10(11(6-9)15(17)18)12(16)8-2-1-5-14-7-8/h1-7H. The highest BCUT2D eigenvalue weighted by molar-refractivity contribution is 14.1. The van der Waals surface area contributed by atoms with Crippen molar-refractivity contribution in [1.29, 1.82) is 0 Å². The molecular weight excluding hydrogens is 347 g/mol. The third-order valence-electron chi connectivity index (χ3n) is 2.32. The third kappa shape index (κ3) is 2.53. The van der Waals surface area contributed by atoms with Crippen molar-refractivity contribution in [2.24, 2.45) is 0 Å². The predicted octanol–water partition coefficient (Wildman–Crippen LogP) is 2.83. The highest BCUT2D eigenvalue weighted by atomic mass is 127. The van der Waals surface area contributed by atoms with Crippen LogP contribution in [0.2, 0.25) is 0 Å². The number of benzene rings is 1. The normalized spacial score (nSPS) is 10.1. The molecule has 18 heavy (non-hydrogen) atoms. The number of hydrogen-bond donors (Lipinski definition) is 0. The van der Waals surface area contributed by atoms with Gasteiger partial charge in [0.15, 0.2) is 0 Å². The van der Waals surface area contributed by atoms with E-state index in [0.29, 0.717) is 9.13 Å². The Morgan fingerprint density at radius 3 is 2.72 bits per heavy atom. The SMILES string of the molecule is O=C(c1cccnc1)c1ccc(I)cc1[N+](=O)[O-]. The molecule has 0 aliphatic rings. The van der Waals surface area contributed by atoms with Crippen molar-refractivity contribution in [2.75, 3.05) is 0 Å². The average molecular weight is 354 g/mol. The van der Waals surface area contributed by atoms with E-state index in [1.807, 2.05) is 22.6 Å². The van der Waals surface area contributed by atoms with E-state index in [1.165, 1.54) is 18.3 Å². The van der Waals surface area contributed by atoms with E-state index < -0.39 is 10.7 Å². The van der Waals surface area contributed by atoms with Crippen molar-refractivity contribution in [3.63, 3.8) is 0 Å². The van der Waals surface area contributed by atoms with Crippen LogP contribution < -0.4 is 0 Å². The molecule has 0 atom stereocenters. The van der Waals surface area contributed by atoms with Crippen molar-refractivity contribution >= 4 is 34.1 Å². The van der Waals surface area contributed by atoms with E-state index in [0.717, 1.165) is 0 Å². The van der Waals surface area contributed by atoms with E-state index in [-0.39, 0.29) is 11.3 Å². The molecule has 0 bridgehead atoms. The molecule has 1 heterocycles. The number of rotatable bonds is 3. The van der Waals surface area contributed by atoms with Crippen molar-refractivity contribution in [2.45, 2.75) is 0 Å². The Kier molecular flexibility index (Phi) is 3.66. The first-order chi connectivity index (χ1) is 8.59. The van der Waals surface area contributed by atoms with Gasteiger partial charge in [-0.25, -0.2) is 0 Å². The zero-order chi connectivity index (χ0) is 13.1. The summed E-state index contributed by atoms with van der Waals surface area (Å²) in [5.41, 5.74) is 0.228. The predicted molar refractivity (Wildman–Crippen MR) is 73.5 cm³/mol. The minimum absolute atomic E-state index is 0.0772. The molecule has 0 unspecified atom stereocenters. The Balaban J connectivity index is 2.52. The lowest BCUT2D eigenvalue weighted by Crippen LogP contribution is -2.06. The molecule has 0 aliphatic carbocycles. The number of carbonyl (C=O) groups is 1. The van der Waals surface area contributed by atoms with E-state index in [4.69, 9.17) is 0 Å².